The quantitative estimate of drug-likeness (QED) is 0.449. The molecule has 0 radical (unpaired) electrons. The van der Waals surface area contributed by atoms with Crippen LogP contribution < -0.4 is 16.5 Å². The topological polar surface area (TPSA) is 128 Å². The molecule has 1 unspecified atom stereocenters. The predicted octanol–water partition coefficient (Wildman–Crippen LogP) is 1.59. The van der Waals surface area contributed by atoms with Crippen LogP contribution in [-0.2, 0) is 16.1 Å². The SMILES string of the molecule is C[N+]1([O-])C=C(C(=O)N[C@H]2CC[C@H](C(=O)O)CC2)C=C(c2ccc(CN)cc2)N1. The summed E-state index contributed by atoms with van der Waals surface area (Å²) < 4.78 is -0.904. The van der Waals surface area contributed by atoms with E-state index in [1.54, 1.807) is 6.08 Å². The Balaban J connectivity index is 1.72. The molecular formula is C20H26N4O4. The summed E-state index contributed by atoms with van der Waals surface area (Å²) >= 11 is 0. The highest BCUT2D eigenvalue weighted by Gasteiger charge is 2.29. The van der Waals surface area contributed by atoms with Crippen LogP contribution in [0.5, 0.6) is 0 Å². The van der Waals surface area contributed by atoms with Crippen LogP contribution in [0.4, 0.5) is 0 Å². The maximum absolute atomic E-state index is 12.7. The molecule has 8 nitrogen and oxygen atoms in total. The third kappa shape index (κ3) is 4.78. The van der Waals surface area contributed by atoms with Crippen LogP contribution in [0.1, 0.15) is 36.8 Å². The molecule has 1 fully saturated rings. The molecule has 0 saturated heterocycles. The maximum atomic E-state index is 12.7. The largest absolute Gasteiger partial charge is 0.602 e. The second-order valence-corrected chi connectivity index (χ2v) is 7.51. The van der Waals surface area contributed by atoms with Crippen LogP contribution in [0.3, 0.4) is 0 Å². The number of amides is 1. The third-order valence-corrected chi connectivity index (χ3v) is 5.20. The highest BCUT2D eigenvalue weighted by molar-refractivity contribution is 5.98. The number of carboxylic acid groups (broad SMARTS) is 1. The lowest BCUT2D eigenvalue weighted by Gasteiger charge is -2.38. The van der Waals surface area contributed by atoms with Crippen LogP contribution in [0, 0.1) is 11.1 Å². The number of aliphatic carboxylic acids is 1. The number of hydroxylamine groups is 2. The minimum Gasteiger partial charge on any atom is -0.602 e. The van der Waals surface area contributed by atoms with Crippen molar-refractivity contribution in [2.45, 2.75) is 38.3 Å². The first-order valence-corrected chi connectivity index (χ1v) is 9.40. The lowest BCUT2D eigenvalue weighted by atomic mass is 9.86. The molecule has 2 aliphatic rings. The van der Waals surface area contributed by atoms with Gasteiger partial charge in [-0.2, -0.15) is 0 Å². The number of quaternary nitrogens is 1. The molecule has 8 heteroatoms. The summed E-state index contributed by atoms with van der Waals surface area (Å²) in [5.41, 5.74) is 11.1. The molecule has 28 heavy (non-hydrogen) atoms. The molecule has 1 atom stereocenters. The van der Waals surface area contributed by atoms with Crippen LogP contribution in [-0.4, -0.2) is 34.8 Å². The molecule has 5 N–H and O–H groups in total. The first kappa shape index (κ1) is 20.1. The van der Waals surface area contributed by atoms with Gasteiger partial charge >= 0.3 is 5.97 Å². The summed E-state index contributed by atoms with van der Waals surface area (Å²) in [6.07, 6.45) is 5.31. The van der Waals surface area contributed by atoms with Gasteiger partial charge in [-0.25, -0.2) is 10.2 Å². The average Bonchev–Trinajstić information content (AvgIpc) is 2.67. The zero-order valence-electron chi connectivity index (χ0n) is 15.9. The number of rotatable bonds is 5. The van der Waals surface area contributed by atoms with E-state index in [4.69, 9.17) is 10.8 Å². The fraction of sp³-hybridized carbons (Fsp3) is 0.400. The molecule has 1 saturated carbocycles. The van der Waals surface area contributed by atoms with Crippen molar-refractivity contribution in [2.24, 2.45) is 11.7 Å². The molecule has 1 aromatic rings. The Hall–Kier alpha value is -2.68. The summed E-state index contributed by atoms with van der Waals surface area (Å²) in [5, 5.41) is 24.6. The summed E-state index contributed by atoms with van der Waals surface area (Å²) in [6.45, 7) is 0.430. The number of carbonyl (C=O) groups is 2. The second-order valence-electron chi connectivity index (χ2n) is 7.51. The van der Waals surface area contributed by atoms with Crippen molar-refractivity contribution in [1.29, 1.82) is 0 Å². The van der Waals surface area contributed by atoms with Crippen LogP contribution in [0.15, 0.2) is 42.1 Å². The Morgan fingerprint density at radius 3 is 2.46 bits per heavy atom. The zero-order chi connectivity index (χ0) is 20.3. The van der Waals surface area contributed by atoms with Gasteiger partial charge in [-0.1, -0.05) is 24.3 Å². The second kappa shape index (κ2) is 8.14. The van der Waals surface area contributed by atoms with Gasteiger partial charge in [0, 0.05) is 18.2 Å². The summed E-state index contributed by atoms with van der Waals surface area (Å²) in [4.78, 5) is 23.8. The van der Waals surface area contributed by atoms with Gasteiger partial charge in [0.1, 0.15) is 6.20 Å². The number of nitrogens with zero attached hydrogens (tertiary/aromatic N) is 1. The Morgan fingerprint density at radius 1 is 1.25 bits per heavy atom. The Labute approximate surface area is 163 Å². The molecule has 1 aliphatic carbocycles. The van der Waals surface area contributed by atoms with E-state index in [-0.39, 0.29) is 23.4 Å². The zero-order valence-corrected chi connectivity index (χ0v) is 15.9. The van der Waals surface area contributed by atoms with Crippen molar-refractivity contribution in [2.75, 3.05) is 7.05 Å². The van der Waals surface area contributed by atoms with Gasteiger partial charge in [-0.3, -0.25) is 9.59 Å². The smallest absolute Gasteiger partial charge is 0.306 e. The average molecular weight is 386 g/mol. The number of nitrogens with two attached hydrogens (primary N) is 1. The highest BCUT2D eigenvalue weighted by atomic mass is 16.6. The molecule has 3 rings (SSSR count). The van der Waals surface area contributed by atoms with Crippen molar-refractivity contribution in [3.63, 3.8) is 0 Å². The fourth-order valence-electron chi connectivity index (χ4n) is 3.61. The molecule has 1 amide bonds. The van der Waals surface area contributed by atoms with Gasteiger partial charge < -0.3 is 21.4 Å². The molecule has 1 aliphatic heterocycles. The third-order valence-electron chi connectivity index (χ3n) is 5.20. The van der Waals surface area contributed by atoms with E-state index in [2.05, 4.69) is 10.7 Å². The van der Waals surface area contributed by atoms with Crippen molar-refractivity contribution < 1.29 is 19.5 Å². The molecule has 0 spiro atoms. The molecule has 0 bridgehead atoms. The molecule has 150 valence electrons. The standard InChI is InChI=1S/C20H26N4O4/c1-24(28)12-16(10-18(23-24)14-4-2-13(11-21)3-5-14)19(25)22-17-8-6-15(7-9-17)20(26)27/h2-5,10,12,15,17,23H,6-9,11,21H2,1H3,(H,22,25)(H,26,27)/t15-,17-,24?. The summed E-state index contributed by atoms with van der Waals surface area (Å²) in [7, 11) is 1.41. The Kier molecular flexibility index (Phi) is 5.83. The fourth-order valence-corrected chi connectivity index (χ4v) is 3.61. The summed E-state index contributed by atoms with van der Waals surface area (Å²) in [6, 6.07) is 7.40. The normalized spacial score (nSPS) is 27.2. The van der Waals surface area contributed by atoms with Crippen LogP contribution >= 0.6 is 0 Å². The number of benzene rings is 1. The van der Waals surface area contributed by atoms with E-state index in [1.165, 1.54) is 13.2 Å². The van der Waals surface area contributed by atoms with Gasteiger partial charge in [-0.15, -0.1) is 0 Å². The van der Waals surface area contributed by atoms with E-state index in [0.717, 1.165) is 11.1 Å². The van der Waals surface area contributed by atoms with Crippen LogP contribution in [0.2, 0.25) is 0 Å². The van der Waals surface area contributed by atoms with Crippen molar-refractivity contribution >= 4 is 17.6 Å². The lowest BCUT2D eigenvalue weighted by Crippen LogP contribution is -2.48. The van der Waals surface area contributed by atoms with E-state index in [0.29, 0.717) is 37.9 Å². The number of hydrogen-bond donors (Lipinski definition) is 4. The van der Waals surface area contributed by atoms with E-state index < -0.39 is 10.7 Å². The van der Waals surface area contributed by atoms with Crippen molar-refractivity contribution in [3.05, 3.63) is 58.4 Å². The lowest BCUT2D eigenvalue weighted by molar-refractivity contribution is -0.847. The number of nitrogens with one attached hydrogen (secondary N) is 2. The number of hydrogen-bond acceptors (Lipinski definition) is 5. The minimum atomic E-state index is -0.904. The number of carbonyl (C=O) groups excluding carboxylic acids is 1. The minimum absolute atomic E-state index is 0.0787. The van der Waals surface area contributed by atoms with E-state index in [9.17, 15) is 14.8 Å². The molecule has 1 aromatic carbocycles. The predicted molar refractivity (Wildman–Crippen MR) is 105 cm³/mol. The van der Waals surface area contributed by atoms with Gasteiger partial charge in [0.05, 0.1) is 24.2 Å². The van der Waals surface area contributed by atoms with Crippen molar-refractivity contribution in [3.8, 4) is 0 Å². The molecular weight excluding hydrogens is 360 g/mol. The van der Waals surface area contributed by atoms with Crippen molar-refractivity contribution in [1.82, 2.24) is 10.7 Å². The van der Waals surface area contributed by atoms with Crippen LogP contribution in [0.25, 0.3) is 5.70 Å². The first-order valence-electron chi connectivity index (χ1n) is 9.40. The van der Waals surface area contributed by atoms with Gasteiger partial charge in [-0.05, 0) is 37.3 Å². The number of carboxylic acids is 1. The van der Waals surface area contributed by atoms with Gasteiger partial charge in [0.25, 0.3) is 5.91 Å². The maximum Gasteiger partial charge on any atom is 0.306 e. The van der Waals surface area contributed by atoms with Gasteiger partial charge in [0.2, 0.25) is 0 Å². The van der Waals surface area contributed by atoms with E-state index >= 15 is 0 Å². The molecule has 1 heterocycles. The monoisotopic (exact) mass is 386 g/mol. The van der Waals surface area contributed by atoms with Gasteiger partial charge in [0.15, 0.2) is 0 Å². The Bertz CT molecular complexity index is 806. The first-order chi connectivity index (χ1) is 13.3. The summed E-state index contributed by atoms with van der Waals surface area (Å²) in [5.74, 6) is -1.44. The van der Waals surface area contributed by atoms with E-state index in [1.807, 2.05) is 24.3 Å². The Morgan fingerprint density at radius 2 is 1.89 bits per heavy atom. The molecule has 0 aromatic heterocycles. The highest BCUT2D eigenvalue weighted by Crippen LogP contribution is 2.26.